The average molecular weight is 284 g/mol. The summed E-state index contributed by atoms with van der Waals surface area (Å²) in [5.41, 5.74) is 8.16. The molecular formula is C10H12N4O4S. The van der Waals surface area contributed by atoms with E-state index in [0.29, 0.717) is 11.8 Å². The van der Waals surface area contributed by atoms with Gasteiger partial charge in [0.2, 0.25) is 0 Å². The molecule has 0 N–H and O–H groups in total. The van der Waals surface area contributed by atoms with Crippen LogP contribution in [0, 0.1) is 0 Å². The zero-order valence-corrected chi connectivity index (χ0v) is 11.2. The normalized spacial score (nSPS) is 20.8. The molecule has 9 heteroatoms. The van der Waals surface area contributed by atoms with Crippen molar-refractivity contribution in [2.45, 2.75) is 25.7 Å². The molecule has 1 atom stereocenters. The molecule has 1 aromatic rings. The minimum atomic E-state index is -0.670. The van der Waals surface area contributed by atoms with Crippen LogP contribution in [-0.4, -0.2) is 36.0 Å². The zero-order chi connectivity index (χ0) is 13.9. The molecule has 1 aliphatic heterocycles. The summed E-state index contributed by atoms with van der Waals surface area (Å²) in [7, 11) is 0. The minimum absolute atomic E-state index is 0.171. The minimum Gasteiger partial charge on any atom is -0.467 e. The van der Waals surface area contributed by atoms with Gasteiger partial charge in [0.25, 0.3) is 11.1 Å². The first-order chi connectivity index (χ1) is 9.00. The fourth-order valence-electron chi connectivity index (χ4n) is 1.52. The van der Waals surface area contributed by atoms with E-state index >= 15 is 0 Å². The Balaban J connectivity index is 1.87. The van der Waals surface area contributed by atoms with Crippen molar-refractivity contribution in [3.63, 3.8) is 0 Å². The standard InChI is InChI=1S/C10H12N4O4S/c1-10(2)17-5-6(18-10)4-16-9-12-3-7(19-9)8(15)13-14-11/h3,6H,4-5H2,1-2H3. The first-order valence-corrected chi connectivity index (χ1v) is 6.31. The number of thiazole rings is 1. The predicted octanol–water partition coefficient (Wildman–Crippen LogP) is 2.12. The topological polar surface area (TPSA) is 106 Å². The van der Waals surface area contributed by atoms with Crippen LogP contribution in [0.15, 0.2) is 11.3 Å². The van der Waals surface area contributed by atoms with Crippen LogP contribution >= 0.6 is 11.3 Å². The van der Waals surface area contributed by atoms with Gasteiger partial charge in [-0.1, -0.05) is 11.3 Å². The van der Waals surface area contributed by atoms with Gasteiger partial charge in [-0.05, 0) is 24.5 Å². The van der Waals surface area contributed by atoms with Crippen LogP contribution in [0.3, 0.4) is 0 Å². The van der Waals surface area contributed by atoms with E-state index in [9.17, 15) is 4.79 Å². The third-order valence-corrected chi connectivity index (χ3v) is 3.19. The van der Waals surface area contributed by atoms with E-state index in [0.717, 1.165) is 11.3 Å². The number of ether oxygens (including phenoxy) is 3. The van der Waals surface area contributed by atoms with Gasteiger partial charge < -0.3 is 14.2 Å². The molecule has 0 aliphatic carbocycles. The van der Waals surface area contributed by atoms with Gasteiger partial charge in [-0.15, -0.1) is 0 Å². The van der Waals surface area contributed by atoms with Crippen molar-refractivity contribution in [2.75, 3.05) is 13.2 Å². The Kier molecular flexibility index (Phi) is 4.01. The van der Waals surface area contributed by atoms with Crippen LogP contribution in [0.25, 0.3) is 10.4 Å². The molecule has 1 aromatic heterocycles. The van der Waals surface area contributed by atoms with Crippen LogP contribution < -0.4 is 4.74 Å². The van der Waals surface area contributed by atoms with Gasteiger partial charge >= 0.3 is 0 Å². The highest BCUT2D eigenvalue weighted by Crippen LogP contribution is 2.25. The number of hydrogen-bond donors (Lipinski definition) is 0. The highest BCUT2D eigenvalue weighted by Gasteiger charge is 2.33. The average Bonchev–Trinajstić information content (AvgIpc) is 2.93. The summed E-state index contributed by atoms with van der Waals surface area (Å²) in [6.07, 6.45) is 1.14. The summed E-state index contributed by atoms with van der Waals surface area (Å²) in [6, 6.07) is 0. The highest BCUT2D eigenvalue weighted by atomic mass is 32.1. The molecular weight excluding hydrogens is 272 g/mol. The molecule has 1 unspecified atom stereocenters. The van der Waals surface area contributed by atoms with Crippen LogP contribution in [0.5, 0.6) is 5.19 Å². The lowest BCUT2D eigenvalue weighted by Gasteiger charge is -2.16. The number of amides is 1. The number of nitrogens with zero attached hydrogens (tertiary/aromatic N) is 4. The maximum Gasteiger partial charge on any atom is 0.273 e. The molecule has 19 heavy (non-hydrogen) atoms. The van der Waals surface area contributed by atoms with Crippen LogP contribution in [0.1, 0.15) is 23.5 Å². The van der Waals surface area contributed by atoms with E-state index < -0.39 is 11.7 Å². The molecule has 1 aliphatic rings. The molecule has 0 bridgehead atoms. The Morgan fingerprint density at radius 2 is 2.58 bits per heavy atom. The van der Waals surface area contributed by atoms with E-state index in [1.54, 1.807) is 0 Å². The summed E-state index contributed by atoms with van der Waals surface area (Å²) in [6.45, 7) is 4.38. The van der Waals surface area contributed by atoms with E-state index in [-0.39, 0.29) is 17.6 Å². The third kappa shape index (κ3) is 3.65. The van der Waals surface area contributed by atoms with Gasteiger partial charge in [0.15, 0.2) is 5.79 Å². The molecule has 102 valence electrons. The zero-order valence-electron chi connectivity index (χ0n) is 10.4. The lowest BCUT2D eigenvalue weighted by atomic mass is 10.4. The van der Waals surface area contributed by atoms with Crippen molar-refractivity contribution in [3.05, 3.63) is 21.5 Å². The summed E-state index contributed by atoms with van der Waals surface area (Å²) >= 11 is 1.02. The summed E-state index contributed by atoms with van der Waals surface area (Å²) < 4.78 is 16.4. The van der Waals surface area contributed by atoms with Crippen molar-refractivity contribution in [3.8, 4) is 5.19 Å². The molecule has 0 radical (unpaired) electrons. The first-order valence-electron chi connectivity index (χ1n) is 5.50. The number of rotatable bonds is 4. The highest BCUT2D eigenvalue weighted by molar-refractivity contribution is 7.15. The van der Waals surface area contributed by atoms with Crippen molar-refractivity contribution in [2.24, 2.45) is 5.11 Å². The van der Waals surface area contributed by atoms with Gasteiger partial charge in [-0.2, -0.15) is 0 Å². The van der Waals surface area contributed by atoms with Crippen molar-refractivity contribution >= 4 is 17.2 Å². The van der Waals surface area contributed by atoms with Gasteiger partial charge in [0.1, 0.15) is 17.6 Å². The summed E-state index contributed by atoms with van der Waals surface area (Å²) in [5.74, 6) is -1.27. The Morgan fingerprint density at radius 1 is 1.79 bits per heavy atom. The second-order valence-electron chi connectivity index (χ2n) is 4.25. The maximum absolute atomic E-state index is 11.3. The van der Waals surface area contributed by atoms with E-state index in [1.807, 2.05) is 13.8 Å². The predicted molar refractivity (Wildman–Crippen MR) is 66.0 cm³/mol. The molecule has 0 aromatic carbocycles. The number of azide groups is 1. The van der Waals surface area contributed by atoms with Gasteiger partial charge in [0, 0.05) is 4.91 Å². The Morgan fingerprint density at radius 3 is 3.21 bits per heavy atom. The molecule has 0 spiro atoms. The van der Waals surface area contributed by atoms with Gasteiger partial charge in [-0.3, -0.25) is 4.79 Å². The number of aromatic nitrogens is 1. The van der Waals surface area contributed by atoms with Crippen LogP contribution in [-0.2, 0) is 9.47 Å². The molecule has 1 amide bonds. The smallest absolute Gasteiger partial charge is 0.273 e. The number of carbonyl (C=O) groups excluding carboxylic acids is 1. The van der Waals surface area contributed by atoms with Crippen molar-refractivity contribution < 1.29 is 19.0 Å². The monoisotopic (exact) mass is 284 g/mol. The Labute approximate surface area is 112 Å². The van der Waals surface area contributed by atoms with Crippen LogP contribution in [0.2, 0.25) is 0 Å². The summed E-state index contributed by atoms with van der Waals surface area (Å²) in [5, 5.41) is 3.30. The van der Waals surface area contributed by atoms with E-state index in [4.69, 9.17) is 19.7 Å². The lowest BCUT2D eigenvalue weighted by molar-refractivity contribution is -0.141. The first kappa shape index (κ1) is 13.8. The third-order valence-electron chi connectivity index (χ3n) is 2.29. The second-order valence-corrected chi connectivity index (χ2v) is 5.24. The Bertz CT molecular complexity index is 523. The maximum atomic E-state index is 11.3. The SMILES string of the molecule is CC1(C)OCC(COc2ncc(C(=O)N=[N+]=[N-])s2)O1. The lowest BCUT2D eigenvalue weighted by Crippen LogP contribution is -2.25. The second kappa shape index (κ2) is 5.54. The number of carbonyl (C=O) groups is 1. The molecule has 0 saturated carbocycles. The fourth-order valence-corrected chi connectivity index (χ4v) is 2.18. The van der Waals surface area contributed by atoms with E-state index in [1.165, 1.54) is 6.20 Å². The van der Waals surface area contributed by atoms with Crippen molar-refractivity contribution in [1.82, 2.24) is 4.98 Å². The molecule has 1 fully saturated rings. The van der Waals surface area contributed by atoms with Crippen molar-refractivity contribution in [1.29, 1.82) is 0 Å². The fraction of sp³-hybridized carbons (Fsp3) is 0.600. The largest absolute Gasteiger partial charge is 0.467 e. The van der Waals surface area contributed by atoms with Gasteiger partial charge in [0.05, 0.1) is 12.8 Å². The Hall–Kier alpha value is -1.67. The molecule has 8 nitrogen and oxygen atoms in total. The summed E-state index contributed by atoms with van der Waals surface area (Å²) in [4.78, 5) is 17.8. The molecule has 2 heterocycles. The molecule has 1 saturated heterocycles. The quantitative estimate of drug-likeness (QED) is 0.478. The van der Waals surface area contributed by atoms with Crippen LogP contribution in [0.4, 0.5) is 0 Å². The molecule has 2 rings (SSSR count). The van der Waals surface area contributed by atoms with Gasteiger partial charge in [-0.25, -0.2) is 4.98 Å². The van der Waals surface area contributed by atoms with E-state index in [2.05, 4.69) is 15.0 Å². The number of hydrogen-bond acceptors (Lipinski definition) is 6.